The Morgan fingerprint density at radius 3 is 2.59 bits per heavy atom. The molecule has 1 aliphatic heterocycles. The van der Waals surface area contributed by atoms with Crippen molar-refractivity contribution in [1.29, 1.82) is 0 Å². The molecule has 2 N–H and O–H groups in total. The highest BCUT2D eigenvalue weighted by Crippen LogP contribution is 2.34. The zero-order valence-corrected chi connectivity index (χ0v) is 17.3. The Bertz CT molecular complexity index is 716. The van der Waals surface area contributed by atoms with Gasteiger partial charge in [-0.1, -0.05) is 32.9 Å². The molecule has 2 amide bonds. The average molecular weight is 387 g/mol. The first-order valence-corrected chi connectivity index (χ1v) is 10.6. The van der Waals surface area contributed by atoms with Gasteiger partial charge in [0.2, 0.25) is 0 Å². The van der Waals surface area contributed by atoms with Crippen LogP contribution in [0.25, 0.3) is 0 Å². The predicted molar refractivity (Wildman–Crippen MR) is 112 cm³/mol. The molecule has 0 aromatic carbocycles. The molecule has 1 saturated heterocycles. The summed E-state index contributed by atoms with van der Waals surface area (Å²) in [5.74, 6) is 1.04. The molecule has 1 aliphatic rings. The van der Waals surface area contributed by atoms with Crippen LogP contribution in [0.4, 0.5) is 10.6 Å². The molecule has 0 bridgehead atoms. The van der Waals surface area contributed by atoms with Crippen LogP contribution < -0.4 is 15.5 Å². The first-order valence-electron chi connectivity index (χ1n) is 9.71. The van der Waals surface area contributed by atoms with E-state index in [-0.39, 0.29) is 17.5 Å². The lowest BCUT2D eigenvalue weighted by Gasteiger charge is -2.30. The lowest BCUT2D eigenvalue weighted by atomic mass is 9.86. The number of nitrogens with zero attached hydrogens (tertiary/aromatic N) is 2. The average Bonchev–Trinajstić information content (AvgIpc) is 3.19. The van der Waals surface area contributed by atoms with Gasteiger partial charge in [-0.25, -0.2) is 9.78 Å². The number of pyridine rings is 1. The van der Waals surface area contributed by atoms with Crippen LogP contribution in [0.1, 0.15) is 56.5 Å². The van der Waals surface area contributed by atoms with Gasteiger partial charge in [-0.3, -0.25) is 0 Å². The summed E-state index contributed by atoms with van der Waals surface area (Å²) < 4.78 is 0. The maximum Gasteiger partial charge on any atom is 0.315 e. The highest BCUT2D eigenvalue weighted by Gasteiger charge is 2.28. The normalized spacial score (nSPS) is 16.0. The zero-order chi connectivity index (χ0) is 19.3. The van der Waals surface area contributed by atoms with Crippen molar-refractivity contribution < 1.29 is 4.79 Å². The second kappa shape index (κ2) is 8.74. The number of amides is 2. The lowest BCUT2D eigenvalue weighted by Crippen LogP contribution is -2.42. The molecule has 3 rings (SSSR count). The third-order valence-electron chi connectivity index (χ3n) is 4.91. The number of thiophene rings is 1. The number of anilines is 1. The SMILES string of the molecule is CC(C)(C)[C@@H](NC(=O)NCc1ccc(N2CCCCC2)nc1)c1cccs1. The van der Waals surface area contributed by atoms with Crippen LogP contribution in [0.5, 0.6) is 0 Å². The van der Waals surface area contributed by atoms with Gasteiger partial charge in [0.15, 0.2) is 0 Å². The Kier molecular flexibility index (Phi) is 6.37. The smallest absolute Gasteiger partial charge is 0.315 e. The number of hydrogen-bond acceptors (Lipinski definition) is 4. The molecule has 3 heterocycles. The summed E-state index contributed by atoms with van der Waals surface area (Å²) in [7, 11) is 0. The summed E-state index contributed by atoms with van der Waals surface area (Å²) in [4.78, 5) is 20.5. The van der Waals surface area contributed by atoms with E-state index in [0.29, 0.717) is 6.54 Å². The van der Waals surface area contributed by atoms with Crippen LogP contribution in [0, 0.1) is 5.41 Å². The largest absolute Gasteiger partial charge is 0.357 e. The fraction of sp³-hybridized carbons (Fsp3) is 0.524. The van der Waals surface area contributed by atoms with Crippen molar-refractivity contribution in [2.45, 2.75) is 52.6 Å². The number of carbonyl (C=O) groups is 1. The minimum absolute atomic E-state index is 0.0166. The van der Waals surface area contributed by atoms with E-state index in [9.17, 15) is 4.79 Å². The van der Waals surface area contributed by atoms with E-state index in [1.54, 1.807) is 11.3 Å². The van der Waals surface area contributed by atoms with Gasteiger partial charge in [0, 0.05) is 30.7 Å². The van der Waals surface area contributed by atoms with E-state index in [4.69, 9.17) is 0 Å². The van der Waals surface area contributed by atoms with Gasteiger partial charge in [0.25, 0.3) is 0 Å². The maximum absolute atomic E-state index is 12.4. The van der Waals surface area contributed by atoms with Crippen molar-refractivity contribution >= 4 is 23.2 Å². The summed E-state index contributed by atoms with van der Waals surface area (Å²) in [6, 6.07) is 8.04. The highest BCUT2D eigenvalue weighted by atomic mass is 32.1. The van der Waals surface area contributed by atoms with Crippen molar-refractivity contribution in [3.8, 4) is 0 Å². The molecule has 0 unspecified atom stereocenters. The molecule has 5 nitrogen and oxygen atoms in total. The van der Waals surface area contributed by atoms with Crippen LogP contribution in [0.15, 0.2) is 35.8 Å². The van der Waals surface area contributed by atoms with E-state index in [0.717, 1.165) is 24.5 Å². The van der Waals surface area contributed by atoms with Crippen LogP contribution in [-0.2, 0) is 6.54 Å². The van der Waals surface area contributed by atoms with E-state index in [1.165, 1.54) is 24.1 Å². The van der Waals surface area contributed by atoms with Crippen molar-refractivity contribution in [3.05, 3.63) is 46.3 Å². The topological polar surface area (TPSA) is 57.3 Å². The van der Waals surface area contributed by atoms with Crippen LogP contribution in [-0.4, -0.2) is 24.1 Å². The van der Waals surface area contributed by atoms with Gasteiger partial charge in [-0.05, 0) is 47.8 Å². The van der Waals surface area contributed by atoms with Crippen LogP contribution in [0.3, 0.4) is 0 Å². The minimum atomic E-state index is -0.150. The number of urea groups is 1. The Balaban J connectivity index is 1.53. The van der Waals surface area contributed by atoms with Crippen molar-refractivity contribution in [1.82, 2.24) is 15.6 Å². The molecule has 1 atom stereocenters. The third kappa shape index (κ3) is 5.45. The fourth-order valence-corrected chi connectivity index (χ4v) is 4.39. The van der Waals surface area contributed by atoms with E-state index >= 15 is 0 Å². The number of aromatic nitrogens is 1. The Morgan fingerprint density at radius 1 is 1.22 bits per heavy atom. The van der Waals surface area contributed by atoms with E-state index in [1.807, 2.05) is 17.6 Å². The standard InChI is InChI=1S/C21H30N4OS/c1-21(2,3)19(17-8-7-13-27-17)24-20(26)23-15-16-9-10-18(22-14-16)25-11-5-4-6-12-25/h7-10,13-14,19H,4-6,11-12,15H2,1-3H3,(H2,23,24,26)/t19-/m0/s1. The number of rotatable bonds is 5. The summed E-state index contributed by atoms with van der Waals surface area (Å²) in [6.07, 6.45) is 5.66. The third-order valence-corrected chi connectivity index (χ3v) is 5.85. The molecular weight excluding hydrogens is 356 g/mol. The molecule has 0 spiro atoms. The predicted octanol–water partition coefficient (Wildman–Crippen LogP) is 4.72. The summed E-state index contributed by atoms with van der Waals surface area (Å²) >= 11 is 1.67. The van der Waals surface area contributed by atoms with Crippen molar-refractivity contribution in [2.75, 3.05) is 18.0 Å². The molecule has 0 radical (unpaired) electrons. The highest BCUT2D eigenvalue weighted by molar-refractivity contribution is 7.10. The number of carbonyl (C=O) groups excluding carboxylic acids is 1. The Labute approximate surface area is 166 Å². The Hall–Kier alpha value is -2.08. The van der Waals surface area contributed by atoms with Gasteiger partial charge >= 0.3 is 6.03 Å². The maximum atomic E-state index is 12.4. The summed E-state index contributed by atoms with van der Waals surface area (Å²) in [5.41, 5.74) is 0.953. The van der Waals surface area contributed by atoms with Crippen LogP contribution >= 0.6 is 11.3 Å². The van der Waals surface area contributed by atoms with Gasteiger partial charge in [0.05, 0.1) is 6.04 Å². The van der Waals surface area contributed by atoms with E-state index in [2.05, 4.69) is 59.5 Å². The molecule has 2 aromatic rings. The van der Waals surface area contributed by atoms with E-state index < -0.39 is 0 Å². The molecule has 0 saturated carbocycles. The molecule has 2 aromatic heterocycles. The number of piperidine rings is 1. The summed E-state index contributed by atoms with van der Waals surface area (Å²) in [6.45, 7) is 9.07. The number of nitrogens with one attached hydrogen (secondary N) is 2. The Morgan fingerprint density at radius 2 is 2.00 bits per heavy atom. The minimum Gasteiger partial charge on any atom is -0.357 e. The quantitative estimate of drug-likeness (QED) is 0.782. The lowest BCUT2D eigenvalue weighted by molar-refractivity contribution is 0.219. The van der Waals surface area contributed by atoms with Crippen molar-refractivity contribution in [3.63, 3.8) is 0 Å². The molecule has 27 heavy (non-hydrogen) atoms. The molecule has 6 heteroatoms. The zero-order valence-electron chi connectivity index (χ0n) is 16.5. The van der Waals surface area contributed by atoms with Gasteiger partial charge in [-0.2, -0.15) is 0 Å². The number of hydrogen-bond donors (Lipinski definition) is 2. The first-order chi connectivity index (χ1) is 12.9. The molecule has 146 valence electrons. The second-order valence-corrected chi connectivity index (χ2v) is 9.19. The van der Waals surface area contributed by atoms with Crippen molar-refractivity contribution in [2.24, 2.45) is 5.41 Å². The van der Waals surface area contributed by atoms with Gasteiger partial charge in [-0.15, -0.1) is 11.3 Å². The first kappa shape index (κ1) is 19.7. The van der Waals surface area contributed by atoms with Crippen LogP contribution in [0.2, 0.25) is 0 Å². The van der Waals surface area contributed by atoms with Gasteiger partial charge < -0.3 is 15.5 Å². The molecule has 1 fully saturated rings. The van der Waals surface area contributed by atoms with Gasteiger partial charge in [0.1, 0.15) is 5.82 Å². The second-order valence-electron chi connectivity index (χ2n) is 8.21. The monoisotopic (exact) mass is 386 g/mol. The fourth-order valence-electron chi connectivity index (χ4n) is 3.37. The molecular formula is C21H30N4OS. The summed E-state index contributed by atoms with van der Waals surface area (Å²) in [5, 5.41) is 8.13. The molecule has 0 aliphatic carbocycles.